The van der Waals surface area contributed by atoms with Crippen LogP contribution < -0.4 is 0 Å². The van der Waals surface area contributed by atoms with Gasteiger partial charge in [-0.25, -0.2) is 4.98 Å². The van der Waals surface area contributed by atoms with Gasteiger partial charge in [-0.2, -0.15) is 0 Å². The first-order chi connectivity index (χ1) is 22.8. The van der Waals surface area contributed by atoms with Gasteiger partial charge < -0.3 is 14.9 Å². The van der Waals surface area contributed by atoms with Crippen molar-refractivity contribution in [2.45, 2.75) is 77.1 Å². The van der Waals surface area contributed by atoms with Crippen molar-refractivity contribution >= 4 is 28.9 Å². The maximum atomic E-state index is 13.9. The van der Waals surface area contributed by atoms with E-state index < -0.39 is 17.9 Å². The van der Waals surface area contributed by atoms with E-state index in [0.717, 1.165) is 41.1 Å². The van der Waals surface area contributed by atoms with Crippen LogP contribution in [0, 0.1) is 18.8 Å². The van der Waals surface area contributed by atoms with Crippen LogP contribution in [0.15, 0.2) is 90.3 Å². The number of aliphatic hydroxyl groups is 1. The summed E-state index contributed by atoms with van der Waals surface area (Å²) in [6.07, 6.45) is 2.68. The van der Waals surface area contributed by atoms with Gasteiger partial charge in [-0.05, 0) is 75.1 Å². The molecule has 0 bridgehead atoms. The van der Waals surface area contributed by atoms with Gasteiger partial charge in [0, 0.05) is 47.8 Å². The van der Waals surface area contributed by atoms with Crippen LogP contribution in [-0.2, 0) is 17.8 Å². The molecule has 0 saturated carbocycles. The van der Waals surface area contributed by atoms with Gasteiger partial charge in [0.15, 0.2) is 5.78 Å². The van der Waals surface area contributed by atoms with Crippen molar-refractivity contribution in [3.05, 3.63) is 123 Å². The average molecular weight is 650 g/mol. The number of hydrogen-bond donors (Lipinski definition) is 1. The zero-order valence-corrected chi connectivity index (χ0v) is 27.9. The maximum Gasteiger partial charge on any atom is 0.254 e. The Morgan fingerprint density at radius 3 is 2.34 bits per heavy atom. The average Bonchev–Trinajstić information content (AvgIpc) is 3.76. The van der Waals surface area contributed by atoms with Crippen LogP contribution >= 0.6 is 11.3 Å². The van der Waals surface area contributed by atoms with Crippen molar-refractivity contribution < 1.29 is 19.5 Å². The second kappa shape index (κ2) is 14.7. The molecule has 2 amide bonds. The summed E-state index contributed by atoms with van der Waals surface area (Å²) < 4.78 is 0. The molecule has 3 aromatic carbocycles. The number of aromatic nitrogens is 1. The molecule has 6 rings (SSSR count). The van der Waals surface area contributed by atoms with Gasteiger partial charge in [0.05, 0.1) is 18.1 Å². The summed E-state index contributed by atoms with van der Waals surface area (Å²) >= 11 is 1.58. The van der Waals surface area contributed by atoms with Crippen LogP contribution in [0.3, 0.4) is 0 Å². The van der Waals surface area contributed by atoms with Crippen LogP contribution in [0.25, 0.3) is 0 Å². The number of hydrogen-bond acceptors (Lipinski definition) is 6. The SMILES string of the molecule is Cc1csc(C2CCCN2C(=O)c2cccc(C(=O)C[C@@H](Cc3ccccc3)[C@H](O)[C@@H]3CCC(C)N(Cc4ccccc4)C3=O)c2)n1. The normalized spacial score (nSPS) is 21.1. The van der Waals surface area contributed by atoms with Crippen molar-refractivity contribution in [3.8, 4) is 0 Å². The molecule has 1 aromatic heterocycles. The lowest BCUT2D eigenvalue weighted by atomic mass is 9.78. The standard InChI is InChI=1S/C39H43N3O4S/c1-26-25-47-37(40-26)34-17-10-20-41(34)38(45)31-16-9-15-30(22-31)35(43)23-32(21-28-11-5-3-6-12-28)36(44)33-19-18-27(2)42(39(33)46)24-29-13-7-4-8-14-29/h3-9,11-16,22,25,27,32-34,36,44H,10,17-21,23-24H2,1-2H3/t27?,32-,33+,34?,36+/m1/s1. The van der Waals surface area contributed by atoms with Gasteiger partial charge in [-0.1, -0.05) is 72.8 Å². The van der Waals surface area contributed by atoms with Gasteiger partial charge in [-0.15, -0.1) is 11.3 Å². The van der Waals surface area contributed by atoms with E-state index in [9.17, 15) is 19.5 Å². The Labute approximate surface area is 281 Å². The number of ketones is 1. The molecule has 3 heterocycles. The molecule has 0 spiro atoms. The number of thiazole rings is 1. The number of Topliss-reactive ketones (excluding diaryl/α,β-unsaturated/α-hetero) is 1. The zero-order chi connectivity index (χ0) is 32.9. The second-order valence-electron chi connectivity index (χ2n) is 13.1. The maximum absolute atomic E-state index is 13.9. The molecule has 2 unspecified atom stereocenters. The van der Waals surface area contributed by atoms with E-state index >= 15 is 0 Å². The number of carbonyl (C=O) groups is 3. The van der Waals surface area contributed by atoms with E-state index in [1.54, 1.807) is 35.6 Å². The number of benzene rings is 3. The number of aryl methyl sites for hydroxylation is 1. The number of amides is 2. The Morgan fingerprint density at radius 1 is 0.936 bits per heavy atom. The number of rotatable bonds is 11. The molecular formula is C39H43N3O4S. The Balaban J connectivity index is 1.20. The molecule has 2 fully saturated rings. The summed E-state index contributed by atoms with van der Waals surface area (Å²) in [6.45, 7) is 5.17. The van der Waals surface area contributed by atoms with E-state index in [0.29, 0.717) is 37.1 Å². The Hall–Kier alpha value is -4.14. The summed E-state index contributed by atoms with van der Waals surface area (Å²) in [5.41, 5.74) is 3.93. The molecule has 0 aliphatic carbocycles. The summed E-state index contributed by atoms with van der Waals surface area (Å²) in [4.78, 5) is 49.9. The molecule has 0 radical (unpaired) electrons. The van der Waals surface area contributed by atoms with E-state index in [1.165, 1.54) is 0 Å². The van der Waals surface area contributed by atoms with Crippen LogP contribution in [0.5, 0.6) is 0 Å². The summed E-state index contributed by atoms with van der Waals surface area (Å²) in [7, 11) is 0. The first-order valence-corrected chi connectivity index (χ1v) is 17.6. The van der Waals surface area contributed by atoms with Gasteiger partial charge in [-0.3, -0.25) is 14.4 Å². The smallest absolute Gasteiger partial charge is 0.254 e. The minimum Gasteiger partial charge on any atom is -0.392 e. The monoisotopic (exact) mass is 649 g/mol. The zero-order valence-electron chi connectivity index (χ0n) is 27.1. The molecule has 1 N–H and O–H groups in total. The summed E-state index contributed by atoms with van der Waals surface area (Å²) in [5.74, 6) is -1.37. The highest BCUT2D eigenvalue weighted by atomic mass is 32.1. The van der Waals surface area contributed by atoms with Crippen molar-refractivity contribution in [2.75, 3.05) is 6.54 Å². The lowest BCUT2D eigenvalue weighted by Gasteiger charge is -2.41. The Kier molecular flexibility index (Phi) is 10.3. The summed E-state index contributed by atoms with van der Waals surface area (Å²) in [6, 6.07) is 26.7. The molecule has 2 aliphatic heterocycles. The highest BCUT2D eigenvalue weighted by Crippen LogP contribution is 2.36. The fraction of sp³-hybridized carbons (Fsp3) is 0.385. The predicted molar refractivity (Wildman–Crippen MR) is 184 cm³/mol. The highest BCUT2D eigenvalue weighted by Gasteiger charge is 2.41. The minimum atomic E-state index is -0.991. The fourth-order valence-electron chi connectivity index (χ4n) is 7.16. The first kappa shape index (κ1) is 32.8. The van der Waals surface area contributed by atoms with Gasteiger partial charge in [0.25, 0.3) is 5.91 Å². The molecule has 47 heavy (non-hydrogen) atoms. The van der Waals surface area contributed by atoms with Gasteiger partial charge in [0.2, 0.25) is 5.91 Å². The molecule has 2 aliphatic rings. The number of carbonyl (C=O) groups excluding carboxylic acids is 3. The molecule has 7 nitrogen and oxygen atoms in total. The van der Waals surface area contributed by atoms with Crippen molar-refractivity contribution in [1.29, 1.82) is 0 Å². The minimum absolute atomic E-state index is 0.0526. The van der Waals surface area contributed by atoms with Crippen LogP contribution in [0.2, 0.25) is 0 Å². The highest BCUT2D eigenvalue weighted by molar-refractivity contribution is 7.09. The van der Waals surface area contributed by atoms with Crippen LogP contribution in [0.4, 0.5) is 0 Å². The molecule has 4 aromatic rings. The van der Waals surface area contributed by atoms with Crippen LogP contribution in [-0.4, -0.2) is 56.2 Å². The molecule has 8 heteroatoms. The van der Waals surface area contributed by atoms with Crippen LogP contribution in [0.1, 0.15) is 87.6 Å². The van der Waals surface area contributed by atoms with Crippen molar-refractivity contribution in [1.82, 2.24) is 14.8 Å². The Morgan fingerprint density at radius 2 is 1.64 bits per heavy atom. The second-order valence-corrected chi connectivity index (χ2v) is 14.0. The number of aliphatic hydroxyl groups excluding tert-OH is 1. The van der Waals surface area contributed by atoms with E-state index in [-0.39, 0.29) is 36.1 Å². The molecular weight excluding hydrogens is 607 g/mol. The molecule has 5 atom stereocenters. The molecule has 244 valence electrons. The largest absolute Gasteiger partial charge is 0.392 e. The van der Waals surface area contributed by atoms with Gasteiger partial charge >= 0.3 is 0 Å². The lowest BCUT2D eigenvalue weighted by Crippen LogP contribution is -2.51. The van der Waals surface area contributed by atoms with Crippen molar-refractivity contribution in [3.63, 3.8) is 0 Å². The third-order valence-corrected chi connectivity index (χ3v) is 10.8. The third-order valence-electron chi connectivity index (χ3n) is 9.77. The summed E-state index contributed by atoms with van der Waals surface area (Å²) in [5, 5.41) is 14.9. The Bertz CT molecular complexity index is 1690. The number of piperidine rings is 1. The third kappa shape index (κ3) is 7.55. The van der Waals surface area contributed by atoms with Crippen molar-refractivity contribution in [2.24, 2.45) is 11.8 Å². The quantitative estimate of drug-likeness (QED) is 0.176. The van der Waals surface area contributed by atoms with E-state index in [2.05, 4.69) is 11.9 Å². The number of likely N-dealkylation sites (tertiary alicyclic amines) is 2. The fourth-order valence-corrected chi connectivity index (χ4v) is 8.10. The topological polar surface area (TPSA) is 90.8 Å². The van der Waals surface area contributed by atoms with E-state index in [1.807, 2.05) is 82.8 Å². The first-order valence-electron chi connectivity index (χ1n) is 16.7. The van der Waals surface area contributed by atoms with E-state index in [4.69, 9.17) is 0 Å². The number of nitrogens with zero attached hydrogens (tertiary/aromatic N) is 3. The van der Waals surface area contributed by atoms with Gasteiger partial charge in [0.1, 0.15) is 5.01 Å². The lowest BCUT2D eigenvalue weighted by molar-refractivity contribution is -0.148. The predicted octanol–water partition coefficient (Wildman–Crippen LogP) is 7.05. The molecule has 2 saturated heterocycles.